The molecule has 0 aliphatic heterocycles. The average molecular weight is 231 g/mol. The molecule has 0 bridgehead atoms. The number of carbonyl (C=O) groups is 1. The fourth-order valence-corrected chi connectivity index (χ4v) is 0.958. The first kappa shape index (κ1) is 11.5. The van der Waals surface area contributed by atoms with Crippen LogP contribution >= 0.6 is 0 Å². The molecule has 0 amide bonds. The summed E-state index contributed by atoms with van der Waals surface area (Å²) >= 11 is 0. The highest BCUT2D eigenvalue weighted by atomic mass is 16.7. The van der Waals surface area contributed by atoms with Crippen LogP contribution in [0.5, 0.6) is 0 Å². The van der Waals surface area contributed by atoms with E-state index in [9.17, 15) is 30.2 Å². The first-order valence-electron chi connectivity index (χ1n) is 3.83. The molecule has 11 heteroatoms. The van der Waals surface area contributed by atoms with Crippen LogP contribution < -0.4 is 4.85 Å². The average Bonchev–Trinajstić information content (AvgIpc) is 2.43. The standard InChI is InChI=1S/C5H5N5O6/c1-3(11)2-7-6-4(9(13)14)5(8(7)12)10(15)16/h2H2,1H3. The largest absolute Gasteiger partial charge is 0.641 e. The highest BCUT2D eigenvalue weighted by Crippen LogP contribution is 2.18. The number of nitrogens with zero attached hydrogens (tertiary/aromatic N) is 5. The Kier molecular flexibility index (Phi) is 2.78. The van der Waals surface area contributed by atoms with Gasteiger partial charge in [0, 0.05) is 4.85 Å². The predicted octanol–water partition coefficient (Wildman–Crippen LogP) is -1.08. The van der Waals surface area contributed by atoms with Crippen LogP contribution in [0, 0.1) is 25.4 Å². The van der Waals surface area contributed by atoms with E-state index in [4.69, 9.17) is 0 Å². The van der Waals surface area contributed by atoms with Crippen molar-refractivity contribution in [3.8, 4) is 0 Å². The minimum absolute atomic E-state index is 0.318. The lowest BCUT2D eigenvalue weighted by molar-refractivity contribution is -0.736. The van der Waals surface area contributed by atoms with Gasteiger partial charge in [-0.3, -0.25) is 14.9 Å². The first-order chi connectivity index (χ1) is 7.34. The van der Waals surface area contributed by atoms with E-state index in [2.05, 4.69) is 5.10 Å². The molecule has 0 aromatic carbocycles. The Labute approximate surface area is 86.7 Å². The summed E-state index contributed by atoms with van der Waals surface area (Å²) in [6.07, 6.45) is 0. The van der Waals surface area contributed by atoms with Gasteiger partial charge in [0.15, 0.2) is 12.3 Å². The fraction of sp³-hybridized carbons (Fsp3) is 0.400. The number of Topliss-reactive ketones (excluding diaryl/α,β-unsaturated/α-hetero) is 1. The van der Waals surface area contributed by atoms with Gasteiger partial charge in [0.1, 0.15) is 10.0 Å². The van der Waals surface area contributed by atoms with E-state index in [1.807, 2.05) is 0 Å². The number of hydrogen-bond donors (Lipinski definition) is 0. The third-order valence-corrected chi connectivity index (χ3v) is 1.51. The number of aromatic nitrogens is 3. The normalized spacial score (nSPS) is 10.1. The molecule has 0 saturated heterocycles. The molecule has 0 saturated carbocycles. The van der Waals surface area contributed by atoms with Gasteiger partial charge in [-0.1, -0.05) is 0 Å². The number of hydrogen-bond acceptors (Lipinski definition) is 7. The Morgan fingerprint density at radius 2 is 2.00 bits per heavy atom. The van der Waals surface area contributed by atoms with Crippen molar-refractivity contribution in [1.82, 2.24) is 9.90 Å². The minimum atomic E-state index is -1.31. The van der Waals surface area contributed by atoms with Gasteiger partial charge < -0.3 is 15.3 Å². The van der Waals surface area contributed by atoms with E-state index in [0.717, 1.165) is 6.92 Å². The molecule has 16 heavy (non-hydrogen) atoms. The maximum absolute atomic E-state index is 11.2. The van der Waals surface area contributed by atoms with Crippen LogP contribution in [0.15, 0.2) is 0 Å². The van der Waals surface area contributed by atoms with Crippen LogP contribution in [0.1, 0.15) is 6.92 Å². The van der Waals surface area contributed by atoms with Crippen LogP contribution in [-0.4, -0.2) is 25.5 Å². The van der Waals surface area contributed by atoms with Gasteiger partial charge >= 0.3 is 11.6 Å². The second-order valence-electron chi connectivity index (χ2n) is 2.77. The summed E-state index contributed by atoms with van der Waals surface area (Å²) in [7, 11) is 0. The van der Waals surface area contributed by atoms with Gasteiger partial charge in [0.2, 0.25) is 0 Å². The first-order valence-corrected chi connectivity index (χ1v) is 3.83. The molecule has 0 aliphatic rings. The van der Waals surface area contributed by atoms with Crippen molar-refractivity contribution in [2.24, 2.45) is 0 Å². The number of rotatable bonds is 4. The van der Waals surface area contributed by atoms with Gasteiger partial charge in [0.05, 0.1) is 4.80 Å². The topological polar surface area (TPSA) is 148 Å². The summed E-state index contributed by atoms with van der Waals surface area (Å²) in [5.41, 5.74) is 0. The molecule has 0 spiro atoms. The molecule has 86 valence electrons. The third-order valence-electron chi connectivity index (χ3n) is 1.51. The quantitative estimate of drug-likeness (QED) is 0.277. The Morgan fingerprint density at radius 3 is 2.31 bits per heavy atom. The molecule has 0 fully saturated rings. The highest BCUT2D eigenvalue weighted by Gasteiger charge is 2.44. The Hall–Kier alpha value is -2.59. The summed E-state index contributed by atoms with van der Waals surface area (Å²) < 4.78 is 0. The van der Waals surface area contributed by atoms with Crippen molar-refractivity contribution in [1.29, 1.82) is 0 Å². The molecule has 0 aliphatic carbocycles. The SMILES string of the molecule is CC(=O)Cn1nc([N+](=O)[O-])c([N+](=O)[O-])[n+]1[O-]. The predicted molar refractivity (Wildman–Crippen MR) is 45.2 cm³/mol. The Morgan fingerprint density at radius 1 is 1.44 bits per heavy atom. The third kappa shape index (κ3) is 1.92. The zero-order valence-corrected chi connectivity index (χ0v) is 7.89. The second kappa shape index (κ2) is 3.88. The van der Waals surface area contributed by atoms with Crippen molar-refractivity contribution in [2.45, 2.75) is 13.5 Å². The van der Waals surface area contributed by atoms with Crippen molar-refractivity contribution < 1.29 is 19.5 Å². The number of ketones is 1. The molecule has 0 unspecified atom stereocenters. The highest BCUT2D eigenvalue weighted by molar-refractivity contribution is 5.74. The lowest BCUT2D eigenvalue weighted by Crippen LogP contribution is -2.41. The van der Waals surface area contributed by atoms with E-state index >= 15 is 0 Å². The molecule has 1 rings (SSSR count). The van der Waals surface area contributed by atoms with Gasteiger partial charge in [0.25, 0.3) is 0 Å². The summed E-state index contributed by atoms with van der Waals surface area (Å²) in [6, 6.07) is 0. The van der Waals surface area contributed by atoms with E-state index in [0.29, 0.717) is 4.80 Å². The Balaban J connectivity index is 3.35. The van der Waals surface area contributed by atoms with Crippen LogP contribution in [0.2, 0.25) is 0 Å². The van der Waals surface area contributed by atoms with Crippen molar-refractivity contribution in [2.75, 3.05) is 0 Å². The second-order valence-corrected chi connectivity index (χ2v) is 2.77. The van der Waals surface area contributed by atoms with Gasteiger partial charge in [-0.05, 0) is 11.8 Å². The molecule has 0 radical (unpaired) electrons. The molecular weight excluding hydrogens is 226 g/mol. The van der Waals surface area contributed by atoms with Gasteiger partial charge in [-0.15, -0.1) is 0 Å². The summed E-state index contributed by atoms with van der Waals surface area (Å²) in [5, 5.41) is 35.0. The lowest BCUT2D eigenvalue weighted by atomic mass is 10.5. The summed E-state index contributed by atoms with van der Waals surface area (Å²) in [6.45, 7) is 0.539. The zero-order valence-electron chi connectivity index (χ0n) is 7.89. The van der Waals surface area contributed by atoms with Crippen molar-refractivity contribution in [3.63, 3.8) is 0 Å². The van der Waals surface area contributed by atoms with Gasteiger partial charge in [-0.25, -0.2) is 0 Å². The number of nitro groups is 2. The molecule has 1 heterocycles. The van der Waals surface area contributed by atoms with E-state index in [1.54, 1.807) is 0 Å². The zero-order chi connectivity index (χ0) is 12.5. The molecule has 1 aromatic rings. The fourth-order valence-electron chi connectivity index (χ4n) is 0.958. The van der Waals surface area contributed by atoms with E-state index in [-0.39, 0.29) is 4.85 Å². The monoisotopic (exact) mass is 231 g/mol. The van der Waals surface area contributed by atoms with Crippen molar-refractivity contribution >= 4 is 17.4 Å². The van der Waals surface area contributed by atoms with Gasteiger partial charge in [-0.2, -0.15) is 0 Å². The van der Waals surface area contributed by atoms with Crippen LogP contribution in [-0.2, 0) is 11.3 Å². The van der Waals surface area contributed by atoms with E-state index < -0.39 is 33.8 Å². The molecule has 0 N–H and O–H groups in total. The summed E-state index contributed by atoms with van der Waals surface area (Å²) in [5.74, 6) is -3.02. The maximum atomic E-state index is 11.2. The maximum Gasteiger partial charge on any atom is 0.641 e. The van der Waals surface area contributed by atoms with Crippen LogP contribution in [0.25, 0.3) is 0 Å². The smallest absolute Gasteiger partial charge is 0.588 e. The summed E-state index contributed by atoms with van der Waals surface area (Å²) in [4.78, 5) is 29.0. The molecular formula is C5H5N5O6. The molecule has 1 aromatic heterocycles. The minimum Gasteiger partial charge on any atom is -0.588 e. The Bertz CT molecular complexity index is 478. The number of carbonyl (C=O) groups excluding carboxylic acids is 1. The van der Waals surface area contributed by atoms with Crippen molar-refractivity contribution in [3.05, 3.63) is 25.4 Å². The van der Waals surface area contributed by atoms with Crippen LogP contribution in [0.3, 0.4) is 0 Å². The molecule has 11 nitrogen and oxygen atoms in total. The lowest BCUT2D eigenvalue weighted by Gasteiger charge is -1.91. The van der Waals surface area contributed by atoms with Crippen LogP contribution in [0.4, 0.5) is 11.6 Å². The van der Waals surface area contributed by atoms with E-state index in [1.165, 1.54) is 0 Å². The molecule has 0 atom stereocenters.